The van der Waals surface area contributed by atoms with Crippen LogP contribution in [0, 0.1) is 12.8 Å². The van der Waals surface area contributed by atoms with Crippen molar-refractivity contribution < 1.29 is 0 Å². The first kappa shape index (κ1) is 9.22. The van der Waals surface area contributed by atoms with Gasteiger partial charge in [-0.15, -0.1) is 11.3 Å². The van der Waals surface area contributed by atoms with Gasteiger partial charge in [0.2, 0.25) is 0 Å². The van der Waals surface area contributed by atoms with Gasteiger partial charge in [-0.2, -0.15) is 0 Å². The highest BCUT2D eigenvalue weighted by atomic mass is 32.1. The lowest BCUT2D eigenvalue weighted by Gasteiger charge is -2.27. The number of thiophene rings is 1. The lowest BCUT2D eigenvalue weighted by molar-refractivity contribution is 0.278. The molecule has 1 saturated carbocycles. The molecule has 0 aromatic carbocycles. The summed E-state index contributed by atoms with van der Waals surface area (Å²) in [5.74, 6) is 0.913. The Labute approximate surface area is 84.0 Å². The van der Waals surface area contributed by atoms with Gasteiger partial charge in [-0.1, -0.05) is 19.3 Å². The van der Waals surface area contributed by atoms with Crippen molar-refractivity contribution in [2.75, 3.05) is 0 Å². The molecule has 0 spiro atoms. The number of hydrogen-bond acceptors (Lipinski definition) is 2. The summed E-state index contributed by atoms with van der Waals surface area (Å²) in [6, 6.07) is 2.46. The molecular formula is C11H17NS. The molecule has 2 heteroatoms. The molecule has 13 heavy (non-hydrogen) atoms. The second kappa shape index (κ2) is 3.81. The van der Waals surface area contributed by atoms with E-state index in [4.69, 9.17) is 5.73 Å². The van der Waals surface area contributed by atoms with Crippen molar-refractivity contribution in [3.8, 4) is 0 Å². The predicted octanol–water partition coefficient (Wildman–Crippen LogP) is 3.25. The van der Waals surface area contributed by atoms with Crippen LogP contribution in [0.4, 0.5) is 0 Å². The fourth-order valence-corrected chi connectivity index (χ4v) is 2.90. The van der Waals surface area contributed by atoms with Gasteiger partial charge in [0.1, 0.15) is 0 Å². The first-order valence-corrected chi connectivity index (χ1v) is 5.95. The first-order chi connectivity index (χ1) is 6.27. The molecule has 0 bridgehead atoms. The Morgan fingerprint density at radius 1 is 1.62 bits per heavy atom. The van der Waals surface area contributed by atoms with Crippen molar-refractivity contribution in [1.29, 1.82) is 0 Å². The van der Waals surface area contributed by atoms with Gasteiger partial charge in [0.15, 0.2) is 0 Å². The number of aryl methyl sites for hydroxylation is 1. The Hall–Kier alpha value is -0.340. The van der Waals surface area contributed by atoms with Crippen molar-refractivity contribution in [2.45, 2.75) is 38.6 Å². The normalized spacial score (nSPS) is 19.8. The van der Waals surface area contributed by atoms with Gasteiger partial charge in [0.05, 0.1) is 0 Å². The molecule has 1 fully saturated rings. The second-order valence-electron chi connectivity index (χ2n) is 4.11. The average Bonchev–Trinajstić information content (AvgIpc) is 2.43. The van der Waals surface area contributed by atoms with Crippen LogP contribution < -0.4 is 5.73 Å². The Kier molecular flexibility index (Phi) is 2.70. The molecule has 72 valence electrons. The SMILES string of the molecule is Cc1ccsc1C(N)CC1CCC1. The van der Waals surface area contributed by atoms with Crippen molar-refractivity contribution in [3.63, 3.8) is 0 Å². The quantitative estimate of drug-likeness (QED) is 0.787. The van der Waals surface area contributed by atoms with E-state index in [9.17, 15) is 0 Å². The van der Waals surface area contributed by atoms with Gasteiger partial charge in [0.25, 0.3) is 0 Å². The van der Waals surface area contributed by atoms with Crippen LogP contribution in [0.25, 0.3) is 0 Å². The van der Waals surface area contributed by atoms with Gasteiger partial charge in [-0.25, -0.2) is 0 Å². The smallest absolute Gasteiger partial charge is 0.0395 e. The predicted molar refractivity (Wildman–Crippen MR) is 57.9 cm³/mol. The standard InChI is InChI=1S/C11H17NS/c1-8-5-6-13-11(8)10(12)7-9-3-2-4-9/h5-6,9-10H,2-4,7,12H2,1H3. The topological polar surface area (TPSA) is 26.0 Å². The van der Waals surface area contributed by atoms with Crippen molar-refractivity contribution in [1.82, 2.24) is 0 Å². The Balaban J connectivity index is 1.96. The maximum absolute atomic E-state index is 6.16. The van der Waals surface area contributed by atoms with E-state index in [0.717, 1.165) is 5.92 Å². The van der Waals surface area contributed by atoms with Crippen molar-refractivity contribution >= 4 is 11.3 Å². The molecule has 1 aliphatic carbocycles. The van der Waals surface area contributed by atoms with Crippen LogP contribution in [-0.4, -0.2) is 0 Å². The second-order valence-corrected chi connectivity index (χ2v) is 5.05. The molecule has 1 aliphatic rings. The van der Waals surface area contributed by atoms with Crippen LogP contribution in [0.1, 0.15) is 42.2 Å². The minimum absolute atomic E-state index is 0.297. The van der Waals surface area contributed by atoms with E-state index < -0.39 is 0 Å². The molecule has 0 saturated heterocycles. The van der Waals surface area contributed by atoms with Crippen LogP contribution in [0.5, 0.6) is 0 Å². The van der Waals surface area contributed by atoms with E-state index in [1.165, 1.54) is 36.1 Å². The van der Waals surface area contributed by atoms with Crippen molar-refractivity contribution in [2.24, 2.45) is 11.7 Å². The van der Waals surface area contributed by atoms with Crippen LogP contribution in [0.3, 0.4) is 0 Å². The number of nitrogens with two attached hydrogens (primary N) is 1. The zero-order chi connectivity index (χ0) is 9.26. The molecule has 1 heterocycles. The van der Waals surface area contributed by atoms with Crippen LogP contribution in [0.2, 0.25) is 0 Å². The zero-order valence-corrected chi connectivity index (χ0v) is 8.94. The monoisotopic (exact) mass is 195 g/mol. The highest BCUT2D eigenvalue weighted by Gasteiger charge is 2.22. The van der Waals surface area contributed by atoms with Gasteiger partial charge >= 0.3 is 0 Å². The molecule has 1 aromatic rings. The fourth-order valence-electron chi connectivity index (χ4n) is 1.96. The molecule has 1 unspecified atom stereocenters. The fraction of sp³-hybridized carbons (Fsp3) is 0.636. The van der Waals surface area contributed by atoms with E-state index in [1.54, 1.807) is 0 Å². The molecule has 1 aromatic heterocycles. The van der Waals surface area contributed by atoms with Crippen molar-refractivity contribution in [3.05, 3.63) is 21.9 Å². The summed E-state index contributed by atoms with van der Waals surface area (Å²) in [6.07, 6.45) is 5.42. The molecule has 1 nitrogen and oxygen atoms in total. The summed E-state index contributed by atoms with van der Waals surface area (Å²) in [5, 5.41) is 2.14. The van der Waals surface area contributed by atoms with E-state index in [-0.39, 0.29) is 0 Å². The third-order valence-electron chi connectivity index (χ3n) is 3.05. The van der Waals surface area contributed by atoms with Gasteiger partial charge in [-0.05, 0) is 36.3 Å². The highest BCUT2D eigenvalue weighted by molar-refractivity contribution is 7.10. The maximum Gasteiger partial charge on any atom is 0.0395 e. The third-order valence-corrected chi connectivity index (χ3v) is 4.20. The molecule has 0 aliphatic heterocycles. The largest absolute Gasteiger partial charge is 0.323 e. The summed E-state index contributed by atoms with van der Waals surface area (Å²) in [4.78, 5) is 1.40. The Morgan fingerprint density at radius 3 is 2.85 bits per heavy atom. The Morgan fingerprint density at radius 2 is 2.38 bits per heavy atom. The first-order valence-electron chi connectivity index (χ1n) is 5.07. The summed E-state index contributed by atoms with van der Waals surface area (Å²) in [5.41, 5.74) is 7.53. The van der Waals surface area contributed by atoms with Crippen LogP contribution in [-0.2, 0) is 0 Å². The van der Waals surface area contributed by atoms with Crippen LogP contribution >= 0.6 is 11.3 Å². The van der Waals surface area contributed by atoms with Gasteiger partial charge in [-0.3, -0.25) is 0 Å². The summed E-state index contributed by atoms with van der Waals surface area (Å²) in [6.45, 7) is 2.16. The summed E-state index contributed by atoms with van der Waals surface area (Å²) in [7, 11) is 0. The van der Waals surface area contributed by atoms with E-state index >= 15 is 0 Å². The molecule has 0 radical (unpaired) electrons. The number of hydrogen-bond donors (Lipinski definition) is 1. The highest BCUT2D eigenvalue weighted by Crippen LogP contribution is 2.35. The summed E-state index contributed by atoms with van der Waals surface area (Å²) < 4.78 is 0. The van der Waals surface area contributed by atoms with E-state index in [2.05, 4.69) is 18.4 Å². The lowest BCUT2D eigenvalue weighted by atomic mass is 9.80. The maximum atomic E-state index is 6.16. The van der Waals surface area contributed by atoms with E-state index in [0.29, 0.717) is 6.04 Å². The minimum Gasteiger partial charge on any atom is -0.323 e. The van der Waals surface area contributed by atoms with Gasteiger partial charge < -0.3 is 5.73 Å². The zero-order valence-electron chi connectivity index (χ0n) is 8.12. The van der Waals surface area contributed by atoms with Crippen LogP contribution in [0.15, 0.2) is 11.4 Å². The molecule has 0 amide bonds. The minimum atomic E-state index is 0.297. The molecule has 1 atom stereocenters. The third kappa shape index (κ3) is 1.94. The molecule has 2 N–H and O–H groups in total. The summed E-state index contributed by atoms with van der Waals surface area (Å²) >= 11 is 1.81. The number of rotatable bonds is 3. The molecule has 2 rings (SSSR count). The lowest BCUT2D eigenvalue weighted by Crippen LogP contribution is -2.19. The average molecular weight is 195 g/mol. The Bertz CT molecular complexity index is 275. The van der Waals surface area contributed by atoms with E-state index in [1.807, 2.05) is 11.3 Å². The molecular weight excluding hydrogens is 178 g/mol. The van der Waals surface area contributed by atoms with Gasteiger partial charge in [0, 0.05) is 10.9 Å².